The summed E-state index contributed by atoms with van der Waals surface area (Å²) in [6.07, 6.45) is 0.393. The van der Waals surface area contributed by atoms with Crippen LogP contribution in [0.15, 0.2) is 18.2 Å². The Hall–Kier alpha value is -2.15. The van der Waals surface area contributed by atoms with Crippen LogP contribution in [0.4, 0.5) is 11.6 Å². The number of aliphatic hydroxyl groups is 1. The normalized spacial score (nSPS) is 19.6. The van der Waals surface area contributed by atoms with E-state index in [2.05, 4.69) is 9.97 Å². The van der Waals surface area contributed by atoms with Crippen molar-refractivity contribution in [3.05, 3.63) is 28.3 Å². The summed E-state index contributed by atoms with van der Waals surface area (Å²) >= 11 is 0. The molecule has 7 heteroatoms. The van der Waals surface area contributed by atoms with Crippen LogP contribution in [-0.2, 0) is 0 Å². The number of rotatable bonds is 2. The first-order valence-electron chi connectivity index (χ1n) is 5.70. The Bertz CT molecular complexity index is 609. The standard InChI is InChI=1S/C11H12N4O3/c16-8-3-4-14(6-8)11-12-9-2-1-7(15(17)18)5-10(9)13-11/h1-2,5,8,16H,3-4,6H2,(H,12,13). The van der Waals surface area contributed by atoms with Crippen LogP contribution >= 0.6 is 0 Å². The first-order valence-corrected chi connectivity index (χ1v) is 5.70. The number of aromatic amines is 1. The van der Waals surface area contributed by atoms with E-state index in [1.165, 1.54) is 12.1 Å². The Balaban J connectivity index is 1.98. The number of aliphatic hydroxyl groups excluding tert-OH is 1. The molecular formula is C11H12N4O3. The van der Waals surface area contributed by atoms with Gasteiger partial charge in [-0.3, -0.25) is 10.1 Å². The van der Waals surface area contributed by atoms with Gasteiger partial charge in [0.15, 0.2) is 0 Å². The van der Waals surface area contributed by atoms with Gasteiger partial charge in [-0.05, 0) is 12.5 Å². The van der Waals surface area contributed by atoms with Crippen molar-refractivity contribution in [2.45, 2.75) is 12.5 Å². The van der Waals surface area contributed by atoms with E-state index in [1.54, 1.807) is 6.07 Å². The smallest absolute Gasteiger partial charge is 0.271 e. The summed E-state index contributed by atoms with van der Waals surface area (Å²) in [5.41, 5.74) is 1.37. The summed E-state index contributed by atoms with van der Waals surface area (Å²) in [6.45, 7) is 1.28. The molecule has 18 heavy (non-hydrogen) atoms. The number of non-ortho nitro benzene ring substituents is 1. The number of H-pyrrole nitrogens is 1. The summed E-state index contributed by atoms with van der Waals surface area (Å²) in [7, 11) is 0. The Kier molecular flexibility index (Phi) is 2.41. The predicted molar refractivity (Wildman–Crippen MR) is 65.6 cm³/mol. The lowest BCUT2D eigenvalue weighted by atomic mass is 10.3. The number of fused-ring (bicyclic) bond motifs is 1. The molecule has 2 heterocycles. The van der Waals surface area contributed by atoms with Gasteiger partial charge in [-0.25, -0.2) is 4.98 Å². The highest BCUT2D eigenvalue weighted by molar-refractivity contribution is 5.80. The van der Waals surface area contributed by atoms with Gasteiger partial charge in [0.25, 0.3) is 5.69 Å². The van der Waals surface area contributed by atoms with Gasteiger partial charge in [0.1, 0.15) is 0 Å². The maximum Gasteiger partial charge on any atom is 0.271 e. The molecule has 0 radical (unpaired) electrons. The number of benzene rings is 1. The molecule has 1 unspecified atom stereocenters. The summed E-state index contributed by atoms with van der Waals surface area (Å²) in [6, 6.07) is 4.53. The summed E-state index contributed by atoms with van der Waals surface area (Å²) < 4.78 is 0. The topological polar surface area (TPSA) is 95.3 Å². The van der Waals surface area contributed by atoms with Crippen LogP contribution in [-0.4, -0.2) is 39.2 Å². The number of nitrogens with zero attached hydrogens (tertiary/aromatic N) is 3. The minimum Gasteiger partial charge on any atom is -0.391 e. The van der Waals surface area contributed by atoms with Crippen molar-refractivity contribution in [2.24, 2.45) is 0 Å². The fourth-order valence-corrected chi connectivity index (χ4v) is 2.18. The lowest BCUT2D eigenvalue weighted by molar-refractivity contribution is -0.384. The molecule has 2 aromatic rings. The molecule has 94 valence electrons. The van der Waals surface area contributed by atoms with Crippen LogP contribution in [0.2, 0.25) is 0 Å². The minimum atomic E-state index is -0.431. The average Bonchev–Trinajstić information content (AvgIpc) is 2.93. The number of nitrogens with one attached hydrogen (secondary N) is 1. The van der Waals surface area contributed by atoms with Gasteiger partial charge in [-0.15, -0.1) is 0 Å². The van der Waals surface area contributed by atoms with Crippen LogP contribution in [0.25, 0.3) is 11.0 Å². The number of nitro groups is 1. The van der Waals surface area contributed by atoms with E-state index in [0.29, 0.717) is 23.5 Å². The van der Waals surface area contributed by atoms with Gasteiger partial charge >= 0.3 is 0 Å². The fraction of sp³-hybridized carbons (Fsp3) is 0.364. The zero-order chi connectivity index (χ0) is 12.7. The van der Waals surface area contributed by atoms with Crippen molar-refractivity contribution >= 4 is 22.7 Å². The number of aromatic nitrogens is 2. The van der Waals surface area contributed by atoms with Crippen molar-refractivity contribution in [2.75, 3.05) is 18.0 Å². The van der Waals surface area contributed by atoms with Crippen molar-refractivity contribution in [1.29, 1.82) is 0 Å². The molecular weight excluding hydrogens is 236 g/mol. The van der Waals surface area contributed by atoms with E-state index >= 15 is 0 Å². The van der Waals surface area contributed by atoms with Gasteiger partial charge in [-0.1, -0.05) is 0 Å². The molecule has 3 rings (SSSR count). The second-order valence-corrected chi connectivity index (χ2v) is 4.41. The number of hydrogen-bond donors (Lipinski definition) is 2. The first kappa shape index (κ1) is 11.0. The van der Waals surface area contributed by atoms with Crippen LogP contribution in [0.5, 0.6) is 0 Å². The highest BCUT2D eigenvalue weighted by Crippen LogP contribution is 2.24. The van der Waals surface area contributed by atoms with E-state index in [1.807, 2.05) is 4.90 Å². The molecule has 7 nitrogen and oxygen atoms in total. The molecule has 0 saturated carbocycles. The van der Waals surface area contributed by atoms with Crippen molar-refractivity contribution < 1.29 is 10.0 Å². The van der Waals surface area contributed by atoms with Crippen LogP contribution in [0.1, 0.15) is 6.42 Å². The number of imidazole rings is 1. The van der Waals surface area contributed by atoms with Crippen LogP contribution in [0, 0.1) is 10.1 Å². The summed E-state index contributed by atoms with van der Waals surface area (Å²) in [4.78, 5) is 19.6. The molecule has 0 aliphatic carbocycles. The lowest BCUT2D eigenvalue weighted by Crippen LogP contribution is -2.22. The van der Waals surface area contributed by atoms with Crippen molar-refractivity contribution in [3.8, 4) is 0 Å². The molecule has 1 aliphatic heterocycles. The number of hydrogen-bond acceptors (Lipinski definition) is 5. The Morgan fingerprint density at radius 3 is 3.06 bits per heavy atom. The molecule has 1 aromatic heterocycles. The van der Waals surface area contributed by atoms with Crippen LogP contribution in [0.3, 0.4) is 0 Å². The Morgan fingerprint density at radius 2 is 2.39 bits per heavy atom. The molecule has 1 fully saturated rings. The monoisotopic (exact) mass is 248 g/mol. The Labute approximate surface area is 102 Å². The van der Waals surface area contributed by atoms with Crippen LogP contribution < -0.4 is 4.90 Å². The van der Waals surface area contributed by atoms with Gasteiger partial charge in [0.05, 0.1) is 22.1 Å². The highest BCUT2D eigenvalue weighted by atomic mass is 16.6. The quantitative estimate of drug-likeness (QED) is 0.611. The lowest BCUT2D eigenvalue weighted by Gasteiger charge is -2.12. The third-order valence-electron chi connectivity index (χ3n) is 3.13. The molecule has 2 N–H and O–H groups in total. The highest BCUT2D eigenvalue weighted by Gasteiger charge is 2.23. The van der Waals surface area contributed by atoms with Crippen molar-refractivity contribution in [1.82, 2.24) is 9.97 Å². The first-order chi connectivity index (χ1) is 8.63. The summed E-state index contributed by atoms with van der Waals surface area (Å²) in [5, 5.41) is 20.2. The molecule has 0 bridgehead atoms. The molecule has 0 spiro atoms. The third-order valence-corrected chi connectivity index (χ3v) is 3.13. The van der Waals surface area contributed by atoms with Gasteiger partial charge in [-0.2, -0.15) is 0 Å². The molecule has 1 saturated heterocycles. The van der Waals surface area contributed by atoms with Gasteiger partial charge in [0, 0.05) is 25.2 Å². The zero-order valence-corrected chi connectivity index (χ0v) is 9.54. The minimum absolute atomic E-state index is 0.0409. The van der Waals surface area contributed by atoms with E-state index < -0.39 is 4.92 Å². The largest absolute Gasteiger partial charge is 0.391 e. The molecule has 1 atom stereocenters. The second kappa shape index (κ2) is 3.95. The average molecular weight is 248 g/mol. The maximum absolute atomic E-state index is 10.7. The second-order valence-electron chi connectivity index (χ2n) is 4.41. The predicted octanol–water partition coefficient (Wildman–Crippen LogP) is 1.04. The van der Waals surface area contributed by atoms with E-state index in [0.717, 1.165) is 13.0 Å². The van der Waals surface area contributed by atoms with E-state index in [-0.39, 0.29) is 11.8 Å². The fourth-order valence-electron chi connectivity index (χ4n) is 2.18. The molecule has 1 aromatic carbocycles. The maximum atomic E-state index is 10.7. The SMILES string of the molecule is O=[N+]([O-])c1ccc2nc(N3CCC(O)C3)[nH]c2c1. The number of anilines is 1. The number of nitro benzene ring substituents is 1. The summed E-state index contributed by atoms with van der Waals surface area (Å²) in [5.74, 6) is 0.655. The van der Waals surface area contributed by atoms with Crippen molar-refractivity contribution in [3.63, 3.8) is 0 Å². The van der Waals surface area contributed by atoms with Gasteiger partial charge < -0.3 is 15.0 Å². The molecule has 1 aliphatic rings. The number of β-amino-alcohol motifs (C(OH)–C–C–N with tert-alkyl or cyclic N) is 1. The van der Waals surface area contributed by atoms with E-state index in [9.17, 15) is 15.2 Å². The van der Waals surface area contributed by atoms with E-state index in [4.69, 9.17) is 0 Å². The third kappa shape index (κ3) is 1.78. The Morgan fingerprint density at radius 1 is 1.56 bits per heavy atom. The van der Waals surface area contributed by atoms with Gasteiger partial charge in [0.2, 0.25) is 5.95 Å². The zero-order valence-electron chi connectivity index (χ0n) is 9.54. The molecule has 0 amide bonds.